The van der Waals surface area contributed by atoms with Gasteiger partial charge in [0.15, 0.2) is 0 Å². The zero-order valence-corrected chi connectivity index (χ0v) is 14.3. The van der Waals surface area contributed by atoms with Gasteiger partial charge in [-0.05, 0) is 5.56 Å². The van der Waals surface area contributed by atoms with Gasteiger partial charge in [-0.15, -0.1) is 0 Å². The molecule has 1 fully saturated rings. The molecule has 1 aromatic heterocycles. The van der Waals surface area contributed by atoms with Gasteiger partial charge in [0.05, 0.1) is 11.1 Å². The standard InChI is InChI=1S/C18H20N4O4/c23-17-7-6-16(22(25)26)13-21(17)14-18(24)20-10-8-19(9-11-20)12-15-4-2-1-3-5-15/h1-7,13H,8-12,14H2. The molecule has 1 amide bonds. The summed E-state index contributed by atoms with van der Waals surface area (Å²) in [5.41, 5.74) is 0.604. The molecule has 0 atom stereocenters. The monoisotopic (exact) mass is 356 g/mol. The number of rotatable bonds is 5. The Hall–Kier alpha value is -3.00. The highest BCUT2D eigenvalue weighted by atomic mass is 16.6. The highest BCUT2D eigenvalue weighted by Crippen LogP contribution is 2.10. The molecule has 1 saturated heterocycles. The summed E-state index contributed by atoms with van der Waals surface area (Å²) in [6, 6.07) is 12.4. The fourth-order valence-electron chi connectivity index (χ4n) is 2.99. The van der Waals surface area contributed by atoms with E-state index in [1.54, 1.807) is 4.90 Å². The van der Waals surface area contributed by atoms with E-state index in [9.17, 15) is 19.7 Å². The van der Waals surface area contributed by atoms with E-state index in [0.717, 1.165) is 42.5 Å². The van der Waals surface area contributed by atoms with E-state index in [1.165, 1.54) is 5.56 Å². The molecular weight excluding hydrogens is 336 g/mol. The van der Waals surface area contributed by atoms with Crippen molar-refractivity contribution in [2.24, 2.45) is 0 Å². The molecule has 1 aromatic carbocycles. The van der Waals surface area contributed by atoms with Crippen LogP contribution in [0.25, 0.3) is 0 Å². The molecule has 0 radical (unpaired) electrons. The summed E-state index contributed by atoms with van der Waals surface area (Å²) in [4.78, 5) is 38.5. The molecule has 1 aliphatic rings. The van der Waals surface area contributed by atoms with Crippen LogP contribution in [0.5, 0.6) is 0 Å². The SMILES string of the molecule is O=C(Cn1cc([N+](=O)[O-])ccc1=O)N1CCN(Cc2ccccc2)CC1. The first-order valence-electron chi connectivity index (χ1n) is 8.42. The molecule has 0 unspecified atom stereocenters. The third-order valence-electron chi connectivity index (χ3n) is 4.46. The largest absolute Gasteiger partial charge is 0.339 e. The number of nitrogens with zero attached hydrogens (tertiary/aromatic N) is 4. The number of carbonyl (C=O) groups excluding carboxylic acids is 1. The summed E-state index contributed by atoms with van der Waals surface area (Å²) in [7, 11) is 0. The molecule has 0 N–H and O–H groups in total. The maximum Gasteiger partial charge on any atom is 0.285 e. The van der Waals surface area contributed by atoms with Crippen molar-refractivity contribution in [2.75, 3.05) is 26.2 Å². The third kappa shape index (κ3) is 4.34. The Bertz CT molecular complexity index is 842. The lowest BCUT2D eigenvalue weighted by Crippen LogP contribution is -2.49. The Labute approximate surface area is 150 Å². The van der Waals surface area contributed by atoms with Crippen molar-refractivity contribution in [1.82, 2.24) is 14.4 Å². The van der Waals surface area contributed by atoms with Gasteiger partial charge in [0.25, 0.3) is 11.2 Å². The molecule has 8 heteroatoms. The molecule has 1 aliphatic heterocycles. The van der Waals surface area contributed by atoms with Crippen LogP contribution in [-0.2, 0) is 17.9 Å². The van der Waals surface area contributed by atoms with Gasteiger partial charge in [0.1, 0.15) is 6.54 Å². The van der Waals surface area contributed by atoms with Crippen molar-refractivity contribution in [3.63, 3.8) is 0 Å². The van der Waals surface area contributed by atoms with E-state index in [4.69, 9.17) is 0 Å². The molecule has 0 saturated carbocycles. The fourth-order valence-corrected chi connectivity index (χ4v) is 2.99. The van der Waals surface area contributed by atoms with Crippen molar-refractivity contribution in [1.29, 1.82) is 0 Å². The summed E-state index contributed by atoms with van der Waals surface area (Å²) in [5, 5.41) is 10.8. The summed E-state index contributed by atoms with van der Waals surface area (Å²) < 4.78 is 1.09. The van der Waals surface area contributed by atoms with Crippen LogP contribution >= 0.6 is 0 Å². The van der Waals surface area contributed by atoms with Crippen LogP contribution < -0.4 is 5.56 Å². The van der Waals surface area contributed by atoms with E-state index in [0.29, 0.717) is 13.1 Å². The van der Waals surface area contributed by atoms with Crippen LogP contribution in [-0.4, -0.2) is 51.4 Å². The Morgan fingerprint density at radius 3 is 2.38 bits per heavy atom. The molecule has 136 valence electrons. The molecule has 2 aromatic rings. The number of amides is 1. The summed E-state index contributed by atoms with van der Waals surface area (Å²) >= 11 is 0. The summed E-state index contributed by atoms with van der Waals surface area (Å²) in [6.45, 7) is 3.33. The van der Waals surface area contributed by atoms with E-state index in [2.05, 4.69) is 17.0 Å². The van der Waals surface area contributed by atoms with Crippen LogP contribution in [0.1, 0.15) is 5.56 Å². The molecule has 3 rings (SSSR count). The van der Waals surface area contributed by atoms with Gasteiger partial charge >= 0.3 is 0 Å². The van der Waals surface area contributed by atoms with E-state index in [-0.39, 0.29) is 18.1 Å². The first-order chi connectivity index (χ1) is 12.5. The van der Waals surface area contributed by atoms with Crippen molar-refractivity contribution >= 4 is 11.6 Å². The minimum absolute atomic E-state index is 0.181. The minimum Gasteiger partial charge on any atom is -0.339 e. The minimum atomic E-state index is -0.581. The van der Waals surface area contributed by atoms with Gasteiger partial charge in [0, 0.05) is 44.9 Å². The predicted octanol–water partition coefficient (Wildman–Crippen LogP) is 1.10. The van der Waals surface area contributed by atoms with Crippen LogP contribution in [0, 0.1) is 10.1 Å². The highest BCUT2D eigenvalue weighted by Gasteiger charge is 2.22. The smallest absolute Gasteiger partial charge is 0.285 e. The summed E-state index contributed by atoms with van der Waals surface area (Å²) in [6.07, 6.45) is 1.12. The number of hydrogen-bond donors (Lipinski definition) is 0. The lowest BCUT2D eigenvalue weighted by Gasteiger charge is -2.34. The van der Waals surface area contributed by atoms with E-state index < -0.39 is 10.5 Å². The van der Waals surface area contributed by atoms with Gasteiger partial charge in [-0.1, -0.05) is 30.3 Å². The molecule has 0 aliphatic carbocycles. The number of nitro groups is 1. The van der Waals surface area contributed by atoms with Crippen LogP contribution in [0.4, 0.5) is 5.69 Å². The van der Waals surface area contributed by atoms with Crippen molar-refractivity contribution < 1.29 is 9.72 Å². The normalized spacial score (nSPS) is 15.0. The number of hydrogen-bond acceptors (Lipinski definition) is 5. The van der Waals surface area contributed by atoms with Gasteiger partial charge < -0.3 is 4.90 Å². The van der Waals surface area contributed by atoms with Crippen LogP contribution in [0.15, 0.2) is 53.5 Å². The molecule has 0 bridgehead atoms. The molecule has 8 nitrogen and oxygen atoms in total. The zero-order valence-electron chi connectivity index (χ0n) is 14.3. The van der Waals surface area contributed by atoms with Crippen LogP contribution in [0.3, 0.4) is 0 Å². The van der Waals surface area contributed by atoms with E-state index in [1.807, 2.05) is 18.2 Å². The maximum atomic E-state index is 12.4. The highest BCUT2D eigenvalue weighted by molar-refractivity contribution is 5.76. The average Bonchev–Trinajstić information content (AvgIpc) is 2.64. The quantitative estimate of drug-likeness (QED) is 0.591. The third-order valence-corrected chi connectivity index (χ3v) is 4.46. The second-order valence-electron chi connectivity index (χ2n) is 6.25. The Kier molecular flexibility index (Phi) is 5.43. The fraction of sp³-hybridized carbons (Fsp3) is 0.333. The molecule has 2 heterocycles. The van der Waals surface area contributed by atoms with Gasteiger partial charge in [-0.25, -0.2) is 0 Å². The Morgan fingerprint density at radius 1 is 1.04 bits per heavy atom. The molecule has 26 heavy (non-hydrogen) atoms. The summed E-state index contributed by atoms with van der Waals surface area (Å²) in [5.74, 6) is -0.202. The second-order valence-corrected chi connectivity index (χ2v) is 6.25. The van der Waals surface area contributed by atoms with Gasteiger partial charge in [-0.2, -0.15) is 0 Å². The maximum absolute atomic E-state index is 12.4. The second kappa shape index (κ2) is 7.92. The number of aromatic nitrogens is 1. The number of benzene rings is 1. The molecular formula is C18H20N4O4. The van der Waals surface area contributed by atoms with Crippen molar-refractivity contribution in [2.45, 2.75) is 13.1 Å². The Morgan fingerprint density at radius 2 is 1.73 bits per heavy atom. The van der Waals surface area contributed by atoms with Crippen LogP contribution in [0.2, 0.25) is 0 Å². The first-order valence-corrected chi connectivity index (χ1v) is 8.42. The zero-order chi connectivity index (χ0) is 18.5. The van der Waals surface area contributed by atoms with Gasteiger partial charge in [-0.3, -0.25) is 29.2 Å². The first kappa shape index (κ1) is 17.8. The number of piperazine rings is 1. The molecule has 0 spiro atoms. The average molecular weight is 356 g/mol. The number of carbonyl (C=O) groups is 1. The topological polar surface area (TPSA) is 88.7 Å². The number of pyridine rings is 1. The van der Waals surface area contributed by atoms with Gasteiger partial charge in [0.2, 0.25) is 5.91 Å². The van der Waals surface area contributed by atoms with Crippen molar-refractivity contribution in [3.8, 4) is 0 Å². The lowest BCUT2D eigenvalue weighted by atomic mass is 10.2. The Balaban J connectivity index is 1.56. The van der Waals surface area contributed by atoms with E-state index >= 15 is 0 Å². The van der Waals surface area contributed by atoms with Crippen molar-refractivity contribution in [3.05, 3.63) is 74.7 Å². The lowest BCUT2D eigenvalue weighted by molar-refractivity contribution is -0.385. The predicted molar refractivity (Wildman–Crippen MR) is 95.7 cm³/mol.